The van der Waals surface area contributed by atoms with Crippen molar-refractivity contribution in [3.05, 3.63) is 99.0 Å². The third-order valence-electron chi connectivity index (χ3n) is 4.40. The van der Waals surface area contributed by atoms with Gasteiger partial charge in [0.15, 0.2) is 6.10 Å². The van der Waals surface area contributed by atoms with Crippen LogP contribution in [0.4, 0.5) is 5.69 Å². The van der Waals surface area contributed by atoms with E-state index in [2.05, 4.69) is 5.32 Å². The van der Waals surface area contributed by atoms with Crippen molar-refractivity contribution in [3.63, 3.8) is 0 Å². The molecule has 170 valence electrons. The van der Waals surface area contributed by atoms with Crippen molar-refractivity contribution in [1.82, 2.24) is 0 Å². The fraction of sp³-hybridized carbons (Fsp3) is 0.120. The highest BCUT2D eigenvalue weighted by molar-refractivity contribution is 6.35. The van der Waals surface area contributed by atoms with E-state index >= 15 is 0 Å². The molecule has 1 N–H and O–H groups in total. The van der Waals surface area contributed by atoms with Crippen LogP contribution in [0.5, 0.6) is 5.75 Å². The Hall–Kier alpha value is -2.99. The summed E-state index contributed by atoms with van der Waals surface area (Å²) >= 11 is 17.7. The zero-order valence-electron chi connectivity index (χ0n) is 17.6. The molecule has 0 fully saturated rings. The van der Waals surface area contributed by atoms with Crippen molar-refractivity contribution >= 4 is 58.4 Å². The van der Waals surface area contributed by atoms with Gasteiger partial charge in [0.25, 0.3) is 5.91 Å². The molecule has 0 saturated carbocycles. The molecule has 1 amide bonds. The molecule has 8 heteroatoms. The molecule has 1 atom stereocenters. The first-order valence-electron chi connectivity index (χ1n) is 9.91. The largest absolute Gasteiger partial charge is 0.489 e. The Morgan fingerprint density at radius 1 is 0.909 bits per heavy atom. The van der Waals surface area contributed by atoms with Crippen LogP contribution in [0, 0.1) is 0 Å². The van der Waals surface area contributed by atoms with Crippen molar-refractivity contribution in [2.75, 3.05) is 5.32 Å². The number of carbonyl (C=O) groups excluding carboxylic acids is 2. The van der Waals surface area contributed by atoms with Gasteiger partial charge in [0.2, 0.25) is 0 Å². The number of amides is 1. The normalized spacial score (nSPS) is 11.8. The molecule has 0 aliphatic rings. The average Bonchev–Trinajstić information content (AvgIpc) is 2.77. The number of benzene rings is 3. The van der Waals surface area contributed by atoms with Gasteiger partial charge in [-0.25, -0.2) is 4.79 Å². The van der Waals surface area contributed by atoms with Gasteiger partial charge in [-0.15, -0.1) is 0 Å². The molecule has 0 aliphatic carbocycles. The van der Waals surface area contributed by atoms with Crippen LogP contribution >= 0.6 is 34.8 Å². The maximum absolute atomic E-state index is 12.2. The fourth-order valence-electron chi connectivity index (χ4n) is 2.72. The van der Waals surface area contributed by atoms with Gasteiger partial charge in [-0.2, -0.15) is 0 Å². The number of rotatable bonds is 8. The highest BCUT2D eigenvalue weighted by atomic mass is 35.5. The Bertz CT molecular complexity index is 1130. The molecule has 0 aliphatic heterocycles. The maximum atomic E-state index is 12.2. The highest BCUT2D eigenvalue weighted by Gasteiger charge is 2.17. The van der Waals surface area contributed by atoms with Gasteiger partial charge in [-0.1, -0.05) is 59.1 Å². The van der Waals surface area contributed by atoms with E-state index in [0.717, 1.165) is 11.1 Å². The summed E-state index contributed by atoms with van der Waals surface area (Å²) in [5.41, 5.74) is 2.19. The monoisotopic (exact) mass is 503 g/mol. The van der Waals surface area contributed by atoms with E-state index in [0.29, 0.717) is 33.1 Å². The lowest BCUT2D eigenvalue weighted by molar-refractivity contribution is -0.148. The summed E-state index contributed by atoms with van der Waals surface area (Å²) < 4.78 is 10.9. The van der Waals surface area contributed by atoms with E-state index in [-0.39, 0.29) is 0 Å². The van der Waals surface area contributed by atoms with Crippen LogP contribution < -0.4 is 10.1 Å². The number of halogens is 3. The van der Waals surface area contributed by atoms with Crippen molar-refractivity contribution < 1.29 is 19.1 Å². The molecule has 0 saturated heterocycles. The van der Waals surface area contributed by atoms with Gasteiger partial charge < -0.3 is 14.8 Å². The quantitative estimate of drug-likeness (QED) is 0.270. The second-order valence-corrected chi connectivity index (χ2v) is 8.35. The van der Waals surface area contributed by atoms with Crippen molar-refractivity contribution in [3.8, 4) is 5.75 Å². The number of carbonyl (C=O) groups is 2. The average molecular weight is 505 g/mol. The molecule has 1 unspecified atom stereocenters. The zero-order valence-corrected chi connectivity index (χ0v) is 19.8. The van der Waals surface area contributed by atoms with Crippen molar-refractivity contribution in [2.45, 2.75) is 19.6 Å². The zero-order chi connectivity index (χ0) is 23.8. The minimum Gasteiger partial charge on any atom is -0.489 e. The Morgan fingerprint density at radius 3 is 2.18 bits per heavy atom. The third kappa shape index (κ3) is 8.13. The third-order valence-corrected chi connectivity index (χ3v) is 5.09. The topological polar surface area (TPSA) is 64.6 Å². The first-order valence-corrected chi connectivity index (χ1v) is 11.0. The van der Waals surface area contributed by atoms with Gasteiger partial charge in [0.05, 0.1) is 0 Å². The number of anilines is 1. The predicted molar refractivity (Wildman–Crippen MR) is 132 cm³/mol. The van der Waals surface area contributed by atoms with Crippen molar-refractivity contribution in [1.29, 1.82) is 0 Å². The van der Waals surface area contributed by atoms with E-state index in [4.69, 9.17) is 44.3 Å². The molecular weight excluding hydrogens is 485 g/mol. The fourth-order valence-corrected chi connectivity index (χ4v) is 3.38. The summed E-state index contributed by atoms with van der Waals surface area (Å²) in [6.45, 7) is 1.89. The lowest BCUT2D eigenvalue weighted by Crippen LogP contribution is -2.29. The van der Waals surface area contributed by atoms with Crippen LogP contribution in [-0.4, -0.2) is 18.0 Å². The van der Waals surface area contributed by atoms with E-state index in [9.17, 15) is 9.59 Å². The van der Waals surface area contributed by atoms with Gasteiger partial charge >= 0.3 is 5.97 Å². The van der Waals surface area contributed by atoms with Crippen LogP contribution in [0.1, 0.15) is 18.1 Å². The summed E-state index contributed by atoms with van der Waals surface area (Å²) in [6, 6.07) is 19.3. The second kappa shape index (κ2) is 11.8. The summed E-state index contributed by atoms with van der Waals surface area (Å²) in [6.07, 6.45) is 1.83. The lowest BCUT2D eigenvalue weighted by atomic mass is 10.2. The lowest BCUT2D eigenvalue weighted by Gasteiger charge is -2.12. The smallest absolute Gasteiger partial charge is 0.331 e. The van der Waals surface area contributed by atoms with Crippen LogP contribution in [0.15, 0.2) is 72.8 Å². The molecular formula is C25H20Cl3NO4. The second-order valence-electron chi connectivity index (χ2n) is 7.04. The van der Waals surface area contributed by atoms with Gasteiger partial charge in [0, 0.05) is 26.8 Å². The summed E-state index contributed by atoms with van der Waals surface area (Å²) in [4.78, 5) is 24.3. The number of hydrogen-bond donors (Lipinski definition) is 1. The Morgan fingerprint density at radius 2 is 1.55 bits per heavy atom. The van der Waals surface area contributed by atoms with E-state index in [1.807, 2.05) is 24.3 Å². The SMILES string of the molecule is CC(OC(=O)/C=C/c1ccc(OCc2ccc(Cl)cc2)cc1)C(=O)Nc1cc(Cl)cc(Cl)c1. The number of hydrogen-bond acceptors (Lipinski definition) is 4. The van der Waals surface area contributed by atoms with Gasteiger partial charge in [0.1, 0.15) is 12.4 Å². The molecule has 3 aromatic carbocycles. The molecule has 0 radical (unpaired) electrons. The standard InChI is InChI=1S/C25H20Cl3NO4/c1-16(25(31)29-22-13-20(27)12-21(28)14-22)33-24(30)11-6-17-4-9-23(10-5-17)32-15-18-2-7-19(26)8-3-18/h2-14,16H,15H2,1H3,(H,29,31)/b11-6+. The Labute approximate surface area is 206 Å². The number of esters is 1. The van der Waals surface area contributed by atoms with E-state index in [1.54, 1.807) is 48.5 Å². The molecule has 5 nitrogen and oxygen atoms in total. The summed E-state index contributed by atoms with van der Waals surface area (Å²) in [5, 5.41) is 4.04. The maximum Gasteiger partial charge on any atom is 0.331 e. The molecule has 0 spiro atoms. The van der Waals surface area contributed by atoms with Crippen LogP contribution in [-0.2, 0) is 20.9 Å². The van der Waals surface area contributed by atoms with E-state index in [1.165, 1.54) is 13.0 Å². The molecule has 3 rings (SSSR count). The Kier molecular flexibility index (Phi) is 8.78. The minimum atomic E-state index is -1.01. The van der Waals surface area contributed by atoms with Gasteiger partial charge in [-0.05, 0) is 66.6 Å². The molecule has 0 bridgehead atoms. The Balaban J connectivity index is 1.47. The molecule has 0 aromatic heterocycles. The van der Waals surface area contributed by atoms with Crippen molar-refractivity contribution in [2.24, 2.45) is 0 Å². The van der Waals surface area contributed by atoms with Crippen LogP contribution in [0.3, 0.4) is 0 Å². The molecule has 33 heavy (non-hydrogen) atoms. The first kappa shape index (κ1) is 24.6. The number of nitrogens with one attached hydrogen (secondary N) is 1. The first-order chi connectivity index (χ1) is 15.8. The summed E-state index contributed by atoms with van der Waals surface area (Å²) in [5.74, 6) is -0.460. The van der Waals surface area contributed by atoms with E-state index < -0.39 is 18.0 Å². The van der Waals surface area contributed by atoms with Gasteiger partial charge in [-0.3, -0.25) is 4.79 Å². The predicted octanol–water partition coefficient (Wildman–Crippen LogP) is 6.81. The van der Waals surface area contributed by atoms with Crippen LogP contribution in [0.2, 0.25) is 15.1 Å². The summed E-state index contributed by atoms with van der Waals surface area (Å²) in [7, 11) is 0. The molecule has 0 heterocycles. The van der Waals surface area contributed by atoms with Crippen LogP contribution in [0.25, 0.3) is 6.08 Å². The number of ether oxygens (including phenoxy) is 2. The highest BCUT2D eigenvalue weighted by Crippen LogP contribution is 2.22. The minimum absolute atomic E-state index is 0.381. The molecule has 3 aromatic rings.